The third-order valence-corrected chi connectivity index (χ3v) is 14.6. The Morgan fingerprint density at radius 1 is 0.269 bits per heavy atom. The fourth-order valence-corrected chi connectivity index (χ4v) is 9.58. The van der Waals surface area contributed by atoms with Crippen molar-refractivity contribution in [1.29, 1.82) is 0 Å². The fraction of sp³-hybridized carbons (Fsp3) is 0.764. The summed E-state index contributed by atoms with van der Waals surface area (Å²) in [4.78, 5) is 38.2. The molecule has 6 heteroatoms. The van der Waals surface area contributed by atoms with E-state index in [1.807, 2.05) is 0 Å². The smallest absolute Gasteiger partial charge is 0.306 e. The Kier molecular flexibility index (Phi) is 63.2. The Hall–Kier alpha value is -3.41. The second-order valence-electron chi connectivity index (χ2n) is 22.3. The zero-order chi connectivity index (χ0) is 56.4. The van der Waals surface area contributed by atoms with Gasteiger partial charge in [0.05, 0.1) is 0 Å². The Morgan fingerprint density at radius 3 is 0.795 bits per heavy atom. The van der Waals surface area contributed by atoms with Gasteiger partial charge in [0.2, 0.25) is 0 Å². The molecule has 0 aliphatic carbocycles. The molecule has 0 rings (SSSR count). The van der Waals surface area contributed by atoms with Crippen LogP contribution < -0.4 is 0 Å². The first-order valence-corrected chi connectivity index (χ1v) is 33.6. The molecule has 0 spiro atoms. The van der Waals surface area contributed by atoms with Crippen LogP contribution in [-0.4, -0.2) is 37.2 Å². The average Bonchev–Trinajstić information content (AvgIpc) is 3.44. The van der Waals surface area contributed by atoms with Crippen LogP contribution in [0, 0.1) is 0 Å². The van der Waals surface area contributed by atoms with Gasteiger partial charge in [-0.3, -0.25) is 14.4 Å². The molecule has 1 atom stereocenters. The van der Waals surface area contributed by atoms with E-state index in [2.05, 4.69) is 106 Å². The predicted molar refractivity (Wildman–Crippen MR) is 339 cm³/mol. The molecule has 0 aliphatic heterocycles. The highest BCUT2D eigenvalue weighted by atomic mass is 16.6. The molecule has 0 bridgehead atoms. The van der Waals surface area contributed by atoms with Crippen LogP contribution >= 0.6 is 0 Å². The van der Waals surface area contributed by atoms with E-state index in [4.69, 9.17) is 14.2 Å². The van der Waals surface area contributed by atoms with Crippen LogP contribution in [0.5, 0.6) is 0 Å². The van der Waals surface area contributed by atoms with Crippen LogP contribution in [0.25, 0.3) is 0 Å². The summed E-state index contributed by atoms with van der Waals surface area (Å²) in [5, 5.41) is 0. The predicted octanol–water partition coefficient (Wildman–Crippen LogP) is 23.1. The molecule has 0 heterocycles. The fourth-order valence-electron chi connectivity index (χ4n) is 9.58. The number of ether oxygens (including phenoxy) is 3. The van der Waals surface area contributed by atoms with Gasteiger partial charge in [0.1, 0.15) is 13.2 Å². The lowest BCUT2D eigenvalue weighted by Crippen LogP contribution is -2.30. The molecule has 0 fully saturated rings. The second-order valence-corrected chi connectivity index (χ2v) is 22.3. The summed E-state index contributed by atoms with van der Waals surface area (Å²) >= 11 is 0. The molecule has 0 N–H and O–H groups in total. The minimum atomic E-state index is -0.785. The van der Waals surface area contributed by atoms with Crippen molar-refractivity contribution in [2.45, 2.75) is 341 Å². The Labute approximate surface area is 484 Å². The highest BCUT2D eigenvalue weighted by Crippen LogP contribution is 2.17. The molecule has 450 valence electrons. The van der Waals surface area contributed by atoms with E-state index in [0.29, 0.717) is 19.3 Å². The van der Waals surface area contributed by atoms with Crippen molar-refractivity contribution < 1.29 is 28.6 Å². The number of carbonyl (C=O) groups is 3. The summed E-state index contributed by atoms with van der Waals surface area (Å²) < 4.78 is 16.9. The number of hydrogen-bond acceptors (Lipinski definition) is 6. The summed E-state index contributed by atoms with van der Waals surface area (Å²) in [7, 11) is 0. The van der Waals surface area contributed by atoms with Crippen molar-refractivity contribution in [2.24, 2.45) is 0 Å². The van der Waals surface area contributed by atoms with Crippen molar-refractivity contribution in [3.63, 3.8) is 0 Å². The monoisotopic (exact) mass is 1090 g/mol. The maximum Gasteiger partial charge on any atom is 0.306 e. The largest absolute Gasteiger partial charge is 0.462 e. The van der Waals surface area contributed by atoms with Crippen LogP contribution in [0.1, 0.15) is 335 Å². The van der Waals surface area contributed by atoms with E-state index in [1.54, 1.807) is 0 Å². The van der Waals surface area contributed by atoms with Crippen molar-refractivity contribution in [2.75, 3.05) is 13.2 Å². The molecular weight excluding hydrogens is 961 g/mol. The Balaban J connectivity index is 4.12. The molecule has 0 saturated heterocycles. The number of hydrogen-bond donors (Lipinski definition) is 0. The Bertz CT molecular complexity index is 1480. The molecule has 0 aromatic heterocycles. The SMILES string of the molecule is CC/C=C\C/C=C\C/C=C\C/C=C\CCCCCCCCCCCCCCCCCCCCCCC(=O)OCC(COC(=O)CCCCCCC/C=C\CCCCC)OC(=O)CCCCCCC/C=C\C/C=C\CCCCC. The first kappa shape index (κ1) is 74.6. The highest BCUT2D eigenvalue weighted by molar-refractivity contribution is 5.71. The maximum absolute atomic E-state index is 12.9. The van der Waals surface area contributed by atoms with E-state index in [9.17, 15) is 14.4 Å². The third kappa shape index (κ3) is 63.4. The van der Waals surface area contributed by atoms with Crippen molar-refractivity contribution in [1.82, 2.24) is 0 Å². The molecule has 1 unspecified atom stereocenters. The minimum Gasteiger partial charge on any atom is -0.462 e. The van der Waals surface area contributed by atoms with Gasteiger partial charge in [-0.05, 0) is 116 Å². The van der Waals surface area contributed by atoms with Crippen molar-refractivity contribution >= 4 is 17.9 Å². The minimum absolute atomic E-state index is 0.0810. The van der Waals surface area contributed by atoms with Crippen LogP contribution in [0.3, 0.4) is 0 Å². The van der Waals surface area contributed by atoms with Crippen molar-refractivity contribution in [3.8, 4) is 0 Å². The van der Waals surface area contributed by atoms with Gasteiger partial charge in [-0.15, -0.1) is 0 Å². The average molecular weight is 1090 g/mol. The van der Waals surface area contributed by atoms with E-state index in [0.717, 1.165) is 116 Å². The Morgan fingerprint density at radius 2 is 0.500 bits per heavy atom. The summed E-state index contributed by atoms with van der Waals surface area (Å²) in [6.07, 6.45) is 87.6. The number of allylic oxidation sites excluding steroid dienone is 14. The maximum atomic E-state index is 12.9. The lowest BCUT2D eigenvalue weighted by Gasteiger charge is -2.18. The van der Waals surface area contributed by atoms with Crippen LogP contribution in [0.15, 0.2) is 85.1 Å². The van der Waals surface area contributed by atoms with E-state index in [-0.39, 0.29) is 31.1 Å². The molecular formula is C72H126O6. The molecule has 0 amide bonds. The summed E-state index contributed by atoms with van der Waals surface area (Å²) in [6.45, 7) is 6.49. The van der Waals surface area contributed by atoms with Gasteiger partial charge in [0.25, 0.3) is 0 Å². The topological polar surface area (TPSA) is 78.9 Å². The van der Waals surface area contributed by atoms with Gasteiger partial charge < -0.3 is 14.2 Å². The van der Waals surface area contributed by atoms with Gasteiger partial charge in [-0.1, -0.05) is 286 Å². The summed E-state index contributed by atoms with van der Waals surface area (Å²) in [5.74, 6) is -0.890. The van der Waals surface area contributed by atoms with Gasteiger partial charge in [0.15, 0.2) is 6.10 Å². The van der Waals surface area contributed by atoms with Gasteiger partial charge >= 0.3 is 17.9 Å². The normalized spacial score (nSPS) is 12.6. The molecule has 0 saturated carbocycles. The zero-order valence-corrected chi connectivity index (χ0v) is 51.7. The molecule has 0 aliphatic rings. The lowest BCUT2D eigenvalue weighted by molar-refractivity contribution is -0.167. The summed E-state index contributed by atoms with van der Waals surface area (Å²) in [6, 6.07) is 0. The number of rotatable bonds is 61. The number of carbonyl (C=O) groups excluding carboxylic acids is 3. The lowest BCUT2D eigenvalue weighted by atomic mass is 10.0. The molecule has 6 nitrogen and oxygen atoms in total. The standard InChI is InChI=1S/C72H126O6/c1-4-7-10-13-16-19-22-25-27-28-29-30-31-32-33-34-35-36-37-38-39-40-41-42-43-44-46-47-50-53-56-59-62-65-71(74)77-68-69(67-76-70(73)64-61-58-55-52-49-24-21-18-15-12-9-6-3)78-72(75)66-63-60-57-54-51-48-45-26-23-20-17-14-11-8-5-2/h7,10,16-21,25-27,29-30,45,69H,4-6,8-9,11-15,22-24,28,31-44,46-68H2,1-3H3/b10-7-,19-16-,20-17-,21-18-,27-25-,30-29-,45-26-. The molecule has 0 radical (unpaired) electrons. The van der Waals surface area contributed by atoms with Gasteiger partial charge in [0, 0.05) is 19.3 Å². The summed E-state index contributed by atoms with van der Waals surface area (Å²) in [5.41, 5.74) is 0. The number of esters is 3. The van der Waals surface area contributed by atoms with E-state index < -0.39 is 6.10 Å². The first-order chi connectivity index (χ1) is 38.5. The number of unbranched alkanes of at least 4 members (excludes halogenated alkanes) is 36. The molecule has 0 aromatic rings. The van der Waals surface area contributed by atoms with Gasteiger partial charge in [-0.25, -0.2) is 0 Å². The zero-order valence-electron chi connectivity index (χ0n) is 51.7. The quantitative estimate of drug-likeness (QED) is 0.0261. The molecule has 0 aromatic carbocycles. The molecule has 78 heavy (non-hydrogen) atoms. The van der Waals surface area contributed by atoms with Crippen LogP contribution in [-0.2, 0) is 28.6 Å². The first-order valence-electron chi connectivity index (χ1n) is 33.6. The van der Waals surface area contributed by atoms with E-state index in [1.165, 1.54) is 180 Å². The third-order valence-electron chi connectivity index (χ3n) is 14.6. The second kappa shape index (κ2) is 66.1. The van der Waals surface area contributed by atoms with Crippen molar-refractivity contribution in [3.05, 3.63) is 85.1 Å². The van der Waals surface area contributed by atoms with Crippen LogP contribution in [0.2, 0.25) is 0 Å². The van der Waals surface area contributed by atoms with Gasteiger partial charge in [-0.2, -0.15) is 0 Å². The van der Waals surface area contributed by atoms with E-state index >= 15 is 0 Å². The van der Waals surface area contributed by atoms with Crippen LogP contribution in [0.4, 0.5) is 0 Å². The highest BCUT2D eigenvalue weighted by Gasteiger charge is 2.19.